The lowest BCUT2D eigenvalue weighted by Gasteiger charge is -2.10. The summed E-state index contributed by atoms with van der Waals surface area (Å²) in [7, 11) is -3.62. The van der Waals surface area contributed by atoms with Crippen molar-refractivity contribution in [1.29, 1.82) is 0 Å². The number of benzene rings is 1. The van der Waals surface area contributed by atoms with Crippen molar-refractivity contribution in [3.8, 4) is 0 Å². The van der Waals surface area contributed by atoms with E-state index in [1.54, 1.807) is 0 Å². The molecule has 0 unspecified atom stereocenters. The third kappa shape index (κ3) is 3.73. The first-order valence-electron chi connectivity index (χ1n) is 5.98. The minimum absolute atomic E-state index is 0.0552. The predicted octanol–water partition coefficient (Wildman–Crippen LogP) is 1.18. The van der Waals surface area contributed by atoms with Gasteiger partial charge in [-0.2, -0.15) is 0 Å². The number of aryl methyl sites for hydroxylation is 1. The summed E-state index contributed by atoms with van der Waals surface area (Å²) in [5.74, 6) is -0.424. The van der Waals surface area contributed by atoms with Crippen molar-refractivity contribution < 1.29 is 22.3 Å². The molecule has 1 N–H and O–H groups in total. The maximum atomic E-state index is 13.1. The molecule has 1 aliphatic rings. The number of rotatable bonds is 5. The van der Waals surface area contributed by atoms with Crippen molar-refractivity contribution in [2.45, 2.75) is 24.5 Å². The molecule has 0 aliphatic carbocycles. The molecule has 106 valence electrons. The Labute approximate surface area is 111 Å². The summed E-state index contributed by atoms with van der Waals surface area (Å²) in [5.41, 5.74) is 0.297. The zero-order valence-corrected chi connectivity index (χ0v) is 11.4. The summed E-state index contributed by atoms with van der Waals surface area (Å²) >= 11 is 0. The van der Waals surface area contributed by atoms with Gasteiger partial charge >= 0.3 is 0 Å². The van der Waals surface area contributed by atoms with Crippen molar-refractivity contribution in [2.75, 3.05) is 19.8 Å². The van der Waals surface area contributed by atoms with Crippen LogP contribution < -0.4 is 4.72 Å². The van der Waals surface area contributed by atoms with E-state index < -0.39 is 15.8 Å². The second-order valence-corrected chi connectivity index (χ2v) is 6.04. The lowest BCUT2D eigenvalue weighted by atomic mass is 10.2. The van der Waals surface area contributed by atoms with Gasteiger partial charge in [-0.25, -0.2) is 17.5 Å². The largest absolute Gasteiger partial charge is 0.350 e. The van der Waals surface area contributed by atoms with Crippen LogP contribution in [0.3, 0.4) is 0 Å². The Bertz CT molecular complexity index is 541. The Morgan fingerprint density at radius 3 is 2.68 bits per heavy atom. The summed E-state index contributed by atoms with van der Waals surface area (Å²) in [6.45, 7) is 2.81. The molecule has 0 bridgehead atoms. The minimum atomic E-state index is -3.62. The van der Waals surface area contributed by atoms with Crippen molar-refractivity contribution >= 4 is 10.0 Å². The van der Waals surface area contributed by atoms with Crippen LogP contribution in [-0.2, 0) is 19.5 Å². The van der Waals surface area contributed by atoms with E-state index in [2.05, 4.69) is 4.72 Å². The Balaban J connectivity index is 1.95. The van der Waals surface area contributed by atoms with Crippen molar-refractivity contribution in [3.05, 3.63) is 29.6 Å². The highest BCUT2D eigenvalue weighted by molar-refractivity contribution is 7.89. The van der Waals surface area contributed by atoms with Crippen LogP contribution in [0.4, 0.5) is 4.39 Å². The molecule has 1 fully saturated rings. The molecule has 1 aromatic carbocycles. The molecule has 1 aliphatic heterocycles. The Morgan fingerprint density at radius 1 is 1.37 bits per heavy atom. The first-order chi connectivity index (χ1) is 8.99. The molecule has 0 amide bonds. The van der Waals surface area contributed by atoms with Gasteiger partial charge in [0.15, 0.2) is 6.29 Å². The van der Waals surface area contributed by atoms with Gasteiger partial charge in [-0.05, 0) is 30.7 Å². The fourth-order valence-corrected chi connectivity index (χ4v) is 2.89. The summed E-state index contributed by atoms with van der Waals surface area (Å²) in [4.78, 5) is 0.0552. The maximum Gasteiger partial charge on any atom is 0.240 e. The number of hydrogen-bond acceptors (Lipinski definition) is 4. The average molecular weight is 289 g/mol. The van der Waals surface area contributed by atoms with E-state index in [0.717, 1.165) is 6.07 Å². The molecule has 0 saturated carbocycles. The summed E-state index contributed by atoms with van der Waals surface area (Å²) < 4.78 is 49.8. The number of ether oxygens (including phenoxy) is 2. The van der Waals surface area contributed by atoms with Crippen LogP contribution in [0.15, 0.2) is 23.1 Å². The highest BCUT2D eigenvalue weighted by atomic mass is 32.2. The maximum absolute atomic E-state index is 13.1. The lowest BCUT2D eigenvalue weighted by Crippen LogP contribution is -2.27. The number of nitrogens with one attached hydrogen (secondary N) is 1. The average Bonchev–Trinajstić information content (AvgIpc) is 2.85. The molecule has 1 aromatic rings. The zero-order chi connectivity index (χ0) is 13.9. The van der Waals surface area contributed by atoms with Crippen LogP contribution >= 0.6 is 0 Å². The number of halogens is 1. The van der Waals surface area contributed by atoms with Gasteiger partial charge < -0.3 is 9.47 Å². The van der Waals surface area contributed by atoms with Gasteiger partial charge in [-0.15, -0.1) is 0 Å². The molecule has 7 heteroatoms. The molecule has 0 aromatic heterocycles. The Hall–Kier alpha value is -1.02. The highest BCUT2D eigenvalue weighted by Gasteiger charge is 2.18. The Kier molecular flexibility index (Phi) is 4.51. The molecule has 1 heterocycles. The van der Waals surface area contributed by atoms with Crippen molar-refractivity contribution in [2.24, 2.45) is 0 Å². The van der Waals surface area contributed by atoms with Crippen LogP contribution in [0.1, 0.15) is 12.0 Å². The van der Waals surface area contributed by atoms with Crippen LogP contribution in [0, 0.1) is 12.7 Å². The topological polar surface area (TPSA) is 64.6 Å². The van der Waals surface area contributed by atoms with E-state index in [1.807, 2.05) is 0 Å². The predicted molar refractivity (Wildman–Crippen MR) is 66.6 cm³/mol. The van der Waals surface area contributed by atoms with Crippen LogP contribution in [-0.4, -0.2) is 34.5 Å². The molecule has 2 rings (SSSR count). The van der Waals surface area contributed by atoms with Gasteiger partial charge in [-0.3, -0.25) is 0 Å². The minimum Gasteiger partial charge on any atom is -0.350 e. The molecule has 1 saturated heterocycles. The van der Waals surface area contributed by atoms with Gasteiger partial charge in [0.25, 0.3) is 0 Å². The monoisotopic (exact) mass is 289 g/mol. The SMILES string of the molecule is Cc1cc(S(=O)(=O)NCCC2OCCO2)ccc1F. The fourth-order valence-electron chi connectivity index (χ4n) is 1.75. The van der Waals surface area contributed by atoms with E-state index in [4.69, 9.17) is 9.47 Å². The molecule has 0 atom stereocenters. The standard InChI is InChI=1S/C12H16FNO4S/c1-9-8-10(2-3-11(9)13)19(15,16)14-5-4-12-17-6-7-18-12/h2-3,8,12,14H,4-7H2,1H3. The van der Waals surface area contributed by atoms with Gasteiger partial charge in [0.2, 0.25) is 10.0 Å². The van der Waals surface area contributed by atoms with Crippen LogP contribution in [0.5, 0.6) is 0 Å². The number of hydrogen-bond donors (Lipinski definition) is 1. The van der Waals surface area contributed by atoms with E-state index in [1.165, 1.54) is 19.1 Å². The third-order valence-corrected chi connectivity index (χ3v) is 4.26. The van der Waals surface area contributed by atoms with Gasteiger partial charge in [-0.1, -0.05) is 0 Å². The van der Waals surface area contributed by atoms with E-state index in [9.17, 15) is 12.8 Å². The molecule has 0 spiro atoms. The molecular formula is C12H16FNO4S. The van der Waals surface area contributed by atoms with E-state index in [0.29, 0.717) is 25.2 Å². The molecular weight excluding hydrogens is 273 g/mol. The second kappa shape index (κ2) is 5.96. The van der Waals surface area contributed by atoms with Crippen molar-refractivity contribution in [1.82, 2.24) is 4.72 Å². The fraction of sp³-hybridized carbons (Fsp3) is 0.500. The highest BCUT2D eigenvalue weighted by Crippen LogP contribution is 2.14. The normalized spacial score (nSPS) is 16.9. The first kappa shape index (κ1) is 14.4. The smallest absolute Gasteiger partial charge is 0.240 e. The van der Waals surface area contributed by atoms with E-state index >= 15 is 0 Å². The van der Waals surface area contributed by atoms with Crippen molar-refractivity contribution in [3.63, 3.8) is 0 Å². The summed E-state index contributed by atoms with van der Waals surface area (Å²) in [6.07, 6.45) is 0.0945. The van der Waals surface area contributed by atoms with Crippen LogP contribution in [0.2, 0.25) is 0 Å². The van der Waals surface area contributed by atoms with Gasteiger partial charge in [0.1, 0.15) is 5.82 Å². The summed E-state index contributed by atoms with van der Waals surface area (Å²) in [5, 5.41) is 0. The van der Waals surface area contributed by atoms with Crippen LogP contribution in [0.25, 0.3) is 0 Å². The lowest BCUT2D eigenvalue weighted by molar-refractivity contribution is -0.0451. The quantitative estimate of drug-likeness (QED) is 0.884. The third-order valence-electron chi connectivity index (χ3n) is 2.80. The number of sulfonamides is 1. The molecule has 5 nitrogen and oxygen atoms in total. The molecule has 19 heavy (non-hydrogen) atoms. The Morgan fingerprint density at radius 2 is 2.05 bits per heavy atom. The van der Waals surface area contributed by atoms with E-state index in [-0.39, 0.29) is 17.7 Å². The van der Waals surface area contributed by atoms with Gasteiger partial charge in [0, 0.05) is 13.0 Å². The zero-order valence-electron chi connectivity index (χ0n) is 10.6. The summed E-state index contributed by atoms with van der Waals surface area (Å²) in [6, 6.07) is 3.69. The molecule has 0 radical (unpaired) electrons. The first-order valence-corrected chi connectivity index (χ1v) is 7.46. The van der Waals surface area contributed by atoms with Gasteiger partial charge in [0.05, 0.1) is 18.1 Å². The second-order valence-electron chi connectivity index (χ2n) is 4.27.